The lowest BCUT2D eigenvalue weighted by molar-refractivity contribution is 1.01. The van der Waals surface area contributed by atoms with Crippen molar-refractivity contribution < 1.29 is 0 Å². The number of aromatic nitrogens is 4. The van der Waals surface area contributed by atoms with Gasteiger partial charge in [0.2, 0.25) is 0 Å². The summed E-state index contributed by atoms with van der Waals surface area (Å²) in [5.74, 6) is 0. The van der Waals surface area contributed by atoms with Gasteiger partial charge in [-0.15, -0.1) is 0 Å². The molecule has 0 saturated carbocycles. The average Bonchev–Trinajstić information content (AvgIpc) is 3.40. The van der Waals surface area contributed by atoms with Crippen LogP contribution in [0.15, 0.2) is 158 Å². The highest BCUT2D eigenvalue weighted by Crippen LogP contribution is 2.54. The quantitative estimate of drug-likeness (QED) is 0.237. The van der Waals surface area contributed by atoms with Crippen LogP contribution in [-0.4, -0.2) is 28.5 Å². The molecule has 0 saturated heterocycles. The SMILES string of the molecule is c1ccc(C2=C(c3cccnn3)[Si](c3ccccc3)(c3ccccc3)C(c3cccnn3)=C2c2ccccc2)cc1. The molecule has 0 atom stereocenters. The zero-order valence-electron chi connectivity index (χ0n) is 22.3. The summed E-state index contributed by atoms with van der Waals surface area (Å²) in [4.78, 5) is 0. The van der Waals surface area contributed by atoms with Crippen LogP contribution in [0.4, 0.5) is 0 Å². The van der Waals surface area contributed by atoms with E-state index in [1.807, 2.05) is 12.1 Å². The molecule has 2 aromatic heterocycles. The third-order valence-corrected chi connectivity index (χ3v) is 12.6. The Balaban J connectivity index is 1.77. The second kappa shape index (κ2) is 10.7. The van der Waals surface area contributed by atoms with E-state index >= 15 is 0 Å². The molecular weight excluding hydrogens is 517 g/mol. The summed E-state index contributed by atoms with van der Waals surface area (Å²) in [6, 6.07) is 51.3. The molecule has 0 N–H and O–H groups in total. The van der Waals surface area contributed by atoms with Gasteiger partial charge in [0, 0.05) is 12.4 Å². The first-order chi connectivity index (χ1) is 20.4. The molecule has 0 fully saturated rings. The predicted octanol–water partition coefficient (Wildman–Crippen LogP) is 6.14. The van der Waals surface area contributed by atoms with E-state index in [0.29, 0.717) is 0 Å². The molecular formula is C36H26N4Si. The Morgan fingerprint density at radius 2 is 0.732 bits per heavy atom. The molecule has 4 nitrogen and oxygen atoms in total. The molecule has 0 aliphatic carbocycles. The van der Waals surface area contributed by atoms with Gasteiger partial charge in [0.15, 0.2) is 8.07 Å². The molecule has 4 aromatic carbocycles. The molecule has 194 valence electrons. The van der Waals surface area contributed by atoms with Crippen LogP contribution < -0.4 is 10.4 Å². The molecule has 1 aliphatic rings. The topological polar surface area (TPSA) is 51.6 Å². The summed E-state index contributed by atoms with van der Waals surface area (Å²) < 4.78 is 0. The van der Waals surface area contributed by atoms with Gasteiger partial charge in [0.05, 0.1) is 11.4 Å². The Morgan fingerprint density at radius 3 is 1.07 bits per heavy atom. The summed E-state index contributed by atoms with van der Waals surface area (Å²) in [6.45, 7) is 0. The summed E-state index contributed by atoms with van der Waals surface area (Å²) >= 11 is 0. The lowest BCUT2D eigenvalue weighted by atomic mass is 9.90. The summed E-state index contributed by atoms with van der Waals surface area (Å²) in [7, 11) is -3.06. The monoisotopic (exact) mass is 542 g/mol. The summed E-state index contributed by atoms with van der Waals surface area (Å²) in [5, 5.41) is 23.3. The maximum absolute atomic E-state index is 4.80. The number of hydrogen-bond acceptors (Lipinski definition) is 4. The molecule has 5 heteroatoms. The Hall–Kier alpha value is -5.26. The molecule has 0 unspecified atom stereocenters. The van der Waals surface area contributed by atoms with Crippen LogP contribution >= 0.6 is 0 Å². The predicted molar refractivity (Wildman–Crippen MR) is 168 cm³/mol. The van der Waals surface area contributed by atoms with Crippen LogP contribution in [0.25, 0.3) is 21.5 Å². The molecule has 1 aliphatic heterocycles. The van der Waals surface area contributed by atoms with Crippen molar-refractivity contribution in [1.82, 2.24) is 20.4 Å². The molecule has 0 bridgehead atoms. The molecule has 0 spiro atoms. The minimum absolute atomic E-state index is 0.873. The van der Waals surface area contributed by atoms with Crippen LogP contribution in [0.2, 0.25) is 0 Å². The minimum atomic E-state index is -3.06. The largest absolute Gasteiger partial charge is 0.186 e. The number of allylic oxidation sites excluding steroid dienone is 2. The number of hydrogen-bond donors (Lipinski definition) is 0. The van der Waals surface area contributed by atoms with Crippen molar-refractivity contribution in [2.45, 2.75) is 0 Å². The highest BCUT2D eigenvalue weighted by atomic mass is 28.3. The molecule has 0 radical (unpaired) electrons. The van der Waals surface area contributed by atoms with E-state index in [9.17, 15) is 0 Å². The smallest absolute Gasteiger partial charge is 0.159 e. The van der Waals surface area contributed by atoms with Crippen LogP contribution in [0.1, 0.15) is 22.5 Å². The number of rotatable bonds is 6. The minimum Gasteiger partial charge on any atom is -0.159 e. The van der Waals surface area contributed by atoms with Gasteiger partial charge < -0.3 is 0 Å². The summed E-state index contributed by atoms with van der Waals surface area (Å²) in [5.41, 5.74) is 6.34. The molecule has 6 aromatic rings. The third kappa shape index (κ3) is 4.15. The van der Waals surface area contributed by atoms with Crippen molar-refractivity contribution in [1.29, 1.82) is 0 Å². The maximum Gasteiger partial charge on any atom is 0.186 e. The van der Waals surface area contributed by atoms with Gasteiger partial charge in [-0.1, -0.05) is 121 Å². The standard InChI is InChI=1S/C36H26N4Si/c1-5-15-27(16-6-1)33-34(28-17-7-2-8-18-28)36(32-24-14-26-38-40-32)41(29-19-9-3-10-20-29,30-21-11-4-12-22-30)35(33)31-23-13-25-37-39-31/h1-26H. The zero-order chi connectivity index (χ0) is 27.5. The van der Waals surface area contributed by atoms with Crippen molar-refractivity contribution in [2.24, 2.45) is 0 Å². The van der Waals surface area contributed by atoms with E-state index in [2.05, 4.69) is 144 Å². The molecule has 41 heavy (non-hydrogen) atoms. The first kappa shape index (κ1) is 24.8. The van der Waals surface area contributed by atoms with E-state index in [1.165, 1.54) is 20.8 Å². The van der Waals surface area contributed by atoms with Crippen molar-refractivity contribution in [2.75, 3.05) is 0 Å². The second-order valence-electron chi connectivity index (χ2n) is 9.93. The van der Waals surface area contributed by atoms with Crippen LogP contribution in [-0.2, 0) is 0 Å². The van der Waals surface area contributed by atoms with Crippen LogP contribution in [0.3, 0.4) is 0 Å². The Morgan fingerprint density at radius 1 is 0.366 bits per heavy atom. The molecule has 0 amide bonds. The van der Waals surface area contributed by atoms with Gasteiger partial charge in [-0.05, 0) is 67.3 Å². The van der Waals surface area contributed by atoms with E-state index < -0.39 is 8.07 Å². The van der Waals surface area contributed by atoms with E-state index in [1.54, 1.807) is 12.4 Å². The lowest BCUT2D eigenvalue weighted by Gasteiger charge is -2.34. The highest BCUT2D eigenvalue weighted by Gasteiger charge is 2.54. The highest BCUT2D eigenvalue weighted by molar-refractivity contribution is 7.29. The molecule has 7 rings (SSSR count). The Kier molecular flexibility index (Phi) is 6.47. The fraction of sp³-hybridized carbons (Fsp3) is 0. The fourth-order valence-electron chi connectivity index (χ4n) is 6.17. The van der Waals surface area contributed by atoms with Gasteiger partial charge in [-0.2, -0.15) is 20.4 Å². The van der Waals surface area contributed by atoms with Gasteiger partial charge >= 0.3 is 0 Å². The normalized spacial score (nSPS) is 14.3. The molecule has 3 heterocycles. The zero-order valence-corrected chi connectivity index (χ0v) is 23.3. The Labute approximate surface area is 240 Å². The van der Waals surface area contributed by atoms with E-state index in [-0.39, 0.29) is 0 Å². The third-order valence-electron chi connectivity index (χ3n) is 7.70. The van der Waals surface area contributed by atoms with Crippen molar-refractivity contribution in [3.8, 4) is 0 Å². The lowest BCUT2D eigenvalue weighted by Crippen LogP contribution is -2.60. The average molecular weight is 543 g/mol. The van der Waals surface area contributed by atoms with Gasteiger partial charge in [-0.25, -0.2) is 0 Å². The maximum atomic E-state index is 4.80. The van der Waals surface area contributed by atoms with Gasteiger partial charge in [-0.3, -0.25) is 0 Å². The first-order valence-electron chi connectivity index (χ1n) is 13.7. The Bertz CT molecular complexity index is 1700. The number of nitrogens with zero attached hydrogens (tertiary/aromatic N) is 4. The second-order valence-corrected chi connectivity index (χ2v) is 13.6. The van der Waals surface area contributed by atoms with Gasteiger partial charge in [0.1, 0.15) is 0 Å². The van der Waals surface area contributed by atoms with E-state index in [0.717, 1.165) is 33.7 Å². The van der Waals surface area contributed by atoms with Gasteiger partial charge in [0.25, 0.3) is 0 Å². The van der Waals surface area contributed by atoms with Crippen molar-refractivity contribution >= 4 is 40.0 Å². The van der Waals surface area contributed by atoms with Crippen molar-refractivity contribution in [3.05, 3.63) is 181 Å². The van der Waals surface area contributed by atoms with Crippen LogP contribution in [0.5, 0.6) is 0 Å². The van der Waals surface area contributed by atoms with Crippen LogP contribution in [0, 0.1) is 0 Å². The van der Waals surface area contributed by atoms with Crippen molar-refractivity contribution in [3.63, 3.8) is 0 Å². The number of benzene rings is 4. The first-order valence-corrected chi connectivity index (χ1v) is 15.7. The van der Waals surface area contributed by atoms with E-state index in [4.69, 9.17) is 10.2 Å². The summed E-state index contributed by atoms with van der Waals surface area (Å²) in [6.07, 6.45) is 3.48. The fourth-order valence-corrected chi connectivity index (χ4v) is 11.6.